The van der Waals surface area contributed by atoms with Gasteiger partial charge in [-0.05, 0) is 37.2 Å². The van der Waals surface area contributed by atoms with Gasteiger partial charge in [0.15, 0.2) is 0 Å². The minimum Gasteiger partial charge on any atom is -0.323 e. The standard InChI is InChI=1S/C14H15FN2O3/c15-12-4-3-10(17(19)20)7-13(12)16-14(18)11-6-8-1-2-9(11)5-8/h3-4,7-9,11H,1-2,5-6H2,(H,16,18). The van der Waals surface area contributed by atoms with Gasteiger partial charge in [-0.1, -0.05) is 6.42 Å². The minimum atomic E-state index is -0.646. The Morgan fingerprint density at radius 2 is 2.15 bits per heavy atom. The molecule has 5 nitrogen and oxygen atoms in total. The van der Waals surface area contributed by atoms with E-state index in [1.807, 2.05) is 0 Å². The molecule has 1 N–H and O–H groups in total. The molecule has 0 aliphatic heterocycles. The summed E-state index contributed by atoms with van der Waals surface area (Å²) in [7, 11) is 0. The molecule has 20 heavy (non-hydrogen) atoms. The molecule has 3 unspecified atom stereocenters. The van der Waals surface area contributed by atoms with Crippen LogP contribution in [0, 0.1) is 33.7 Å². The van der Waals surface area contributed by atoms with Crippen molar-refractivity contribution in [2.24, 2.45) is 17.8 Å². The highest BCUT2D eigenvalue weighted by molar-refractivity contribution is 5.93. The SMILES string of the molecule is O=C(Nc1cc([N+](=O)[O-])ccc1F)C1CC2CCC1C2. The Kier molecular flexibility index (Phi) is 3.16. The van der Waals surface area contributed by atoms with Crippen LogP contribution < -0.4 is 5.32 Å². The van der Waals surface area contributed by atoms with Gasteiger partial charge in [0.2, 0.25) is 5.91 Å². The van der Waals surface area contributed by atoms with E-state index >= 15 is 0 Å². The van der Waals surface area contributed by atoms with Crippen LogP contribution in [-0.2, 0) is 4.79 Å². The van der Waals surface area contributed by atoms with Crippen molar-refractivity contribution in [3.63, 3.8) is 0 Å². The number of non-ortho nitro benzene ring substituents is 1. The number of nitro groups is 1. The first-order chi connectivity index (χ1) is 9.54. The Morgan fingerprint density at radius 1 is 1.35 bits per heavy atom. The first-order valence-corrected chi connectivity index (χ1v) is 6.79. The highest BCUT2D eigenvalue weighted by Gasteiger charge is 2.43. The van der Waals surface area contributed by atoms with Gasteiger partial charge in [-0.25, -0.2) is 4.39 Å². The molecule has 2 fully saturated rings. The fourth-order valence-electron chi connectivity index (χ4n) is 3.51. The van der Waals surface area contributed by atoms with Crippen LogP contribution in [0.4, 0.5) is 15.8 Å². The van der Waals surface area contributed by atoms with Gasteiger partial charge in [-0.3, -0.25) is 14.9 Å². The Bertz CT molecular complexity index is 576. The monoisotopic (exact) mass is 278 g/mol. The van der Waals surface area contributed by atoms with E-state index in [0.29, 0.717) is 11.8 Å². The number of halogens is 1. The van der Waals surface area contributed by atoms with Crippen molar-refractivity contribution in [1.82, 2.24) is 0 Å². The van der Waals surface area contributed by atoms with Crippen LogP contribution in [0.15, 0.2) is 18.2 Å². The van der Waals surface area contributed by atoms with E-state index in [1.165, 1.54) is 6.42 Å². The van der Waals surface area contributed by atoms with E-state index < -0.39 is 10.7 Å². The van der Waals surface area contributed by atoms with Gasteiger partial charge in [0.05, 0.1) is 10.6 Å². The van der Waals surface area contributed by atoms with Gasteiger partial charge in [-0.15, -0.1) is 0 Å². The molecule has 2 aliphatic carbocycles. The third-order valence-corrected chi connectivity index (χ3v) is 4.49. The lowest BCUT2D eigenvalue weighted by molar-refractivity contribution is -0.384. The smallest absolute Gasteiger partial charge is 0.271 e. The maximum Gasteiger partial charge on any atom is 0.271 e. The maximum atomic E-state index is 13.6. The number of anilines is 1. The van der Waals surface area contributed by atoms with Crippen molar-refractivity contribution >= 4 is 17.3 Å². The van der Waals surface area contributed by atoms with Crippen LogP contribution >= 0.6 is 0 Å². The van der Waals surface area contributed by atoms with Crippen LogP contribution in [0.1, 0.15) is 25.7 Å². The number of fused-ring (bicyclic) bond motifs is 2. The molecule has 0 heterocycles. The molecule has 1 amide bonds. The van der Waals surface area contributed by atoms with E-state index in [2.05, 4.69) is 5.32 Å². The van der Waals surface area contributed by atoms with E-state index in [-0.39, 0.29) is 23.2 Å². The molecule has 2 saturated carbocycles. The summed E-state index contributed by atoms with van der Waals surface area (Å²) in [5.74, 6) is 0.0728. The first-order valence-electron chi connectivity index (χ1n) is 6.79. The summed E-state index contributed by atoms with van der Waals surface area (Å²) in [6.07, 6.45) is 4.17. The average Bonchev–Trinajstić information content (AvgIpc) is 3.03. The van der Waals surface area contributed by atoms with Gasteiger partial charge in [-0.2, -0.15) is 0 Å². The van der Waals surface area contributed by atoms with Gasteiger partial charge in [0.25, 0.3) is 5.69 Å². The lowest BCUT2D eigenvalue weighted by atomic mass is 9.88. The maximum absolute atomic E-state index is 13.6. The molecule has 106 valence electrons. The fraction of sp³-hybridized carbons (Fsp3) is 0.500. The highest BCUT2D eigenvalue weighted by Crippen LogP contribution is 2.48. The fourth-order valence-corrected chi connectivity index (χ4v) is 3.51. The normalized spacial score (nSPS) is 27.6. The van der Waals surface area contributed by atoms with Crippen LogP contribution in [0.2, 0.25) is 0 Å². The van der Waals surface area contributed by atoms with Crippen molar-refractivity contribution in [3.05, 3.63) is 34.1 Å². The Hall–Kier alpha value is -1.98. The second-order valence-electron chi connectivity index (χ2n) is 5.69. The van der Waals surface area contributed by atoms with E-state index in [9.17, 15) is 19.3 Å². The summed E-state index contributed by atoms with van der Waals surface area (Å²) >= 11 is 0. The molecular formula is C14H15FN2O3. The summed E-state index contributed by atoms with van der Waals surface area (Å²) in [6.45, 7) is 0. The number of hydrogen-bond donors (Lipinski definition) is 1. The minimum absolute atomic E-state index is 0.0765. The summed E-state index contributed by atoms with van der Waals surface area (Å²) in [5.41, 5.74) is -0.332. The largest absolute Gasteiger partial charge is 0.323 e. The quantitative estimate of drug-likeness (QED) is 0.682. The van der Waals surface area contributed by atoms with Crippen LogP contribution in [0.25, 0.3) is 0 Å². The number of nitrogens with one attached hydrogen (secondary N) is 1. The number of amides is 1. The molecule has 6 heteroatoms. The topological polar surface area (TPSA) is 72.2 Å². The van der Waals surface area contributed by atoms with Gasteiger partial charge in [0, 0.05) is 18.1 Å². The summed E-state index contributed by atoms with van der Waals surface area (Å²) in [4.78, 5) is 22.3. The lowest BCUT2D eigenvalue weighted by Crippen LogP contribution is -2.27. The summed E-state index contributed by atoms with van der Waals surface area (Å²) in [6, 6.07) is 3.16. The molecule has 0 aromatic heterocycles. The Morgan fingerprint density at radius 3 is 2.75 bits per heavy atom. The van der Waals surface area contributed by atoms with E-state index in [0.717, 1.165) is 37.5 Å². The predicted molar refractivity (Wildman–Crippen MR) is 70.6 cm³/mol. The zero-order valence-electron chi connectivity index (χ0n) is 10.8. The molecule has 3 atom stereocenters. The number of rotatable bonds is 3. The second-order valence-corrected chi connectivity index (χ2v) is 5.69. The number of benzene rings is 1. The molecule has 2 aliphatic rings. The number of carbonyl (C=O) groups excluding carboxylic acids is 1. The molecule has 0 spiro atoms. The third-order valence-electron chi connectivity index (χ3n) is 4.49. The van der Waals surface area contributed by atoms with Gasteiger partial charge >= 0.3 is 0 Å². The van der Waals surface area contributed by atoms with Gasteiger partial charge < -0.3 is 5.32 Å². The molecular weight excluding hydrogens is 263 g/mol. The van der Waals surface area contributed by atoms with Crippen molar-refractivity contribution in [3.8, 4) is 0 Å². The van der Waals surface area contributed by atoms with Crippen LogP contribution in [0.5, 0.6) is 0 Å². The Labute approximate surface area is 115 Å². The van der Waals surface area contributed by atoms with Crippen molar-refractivity contribution in [2.45, 2.75) is 25.7 Å². The summed E-state index contributed by atoms with van der Waals surface area (Å²) < 4.78 is 13.6. The van der Waals surface area contributed by atoms with E-state index in [4.69, 9.17) is 0 Å². The van der Waals surface area contributed by atoms with Gasteiger partial charge in [0.1, 0.15) is 5.82 Å². The van der Waals surface area contributed by atoms with Crippen molar-refractivity contribution < 1.29 is 14.1 Å². The molecule has 1 aromatic rings. The third kappa shape index (κ3) is 2.26. The number of nitro benzene ring substituents is 1. The first kappa shape index (κ1) is 13.0. The molecule has 1 aromatic carbocycles. The summed E-state index contributed by atoms with van der Waals surface area (Å²) in [5, 5.41) is 13.2. The zero-order chi connectivity index (χ0) is 14.3. The second kappa shape index (κ2) is 4.85. The zero-order valence-corrected chi connectivity index (χ0v) is 10.8. The number of carbonyl (C=O) groups is 1. The van der Waals surface area contributed by atoms with Crippen LogP contribution in [-0.4, -0.2) is 10.8 Å². The molecule has 2 bridgehead atoms. The molecule has 0 radical (unpaired) electrons. The predicted octanol–water partition coefficient (Wildman–Crippen LogP) is 3.11. The number of nitrogens with zero attached hydrogens (tertiary/aromatic N) is 1. The average molecular weight is 278 g/mol. The molecule has 0 saturated heterocycles. The highest BCUT2D eigenvalue weighted by atomic mass is 19.1. The lowest BCUT2D eigenvalue weighted by Gasteiger charge is -2.20. The van der Waals surface area contributed by atoms with Crippen molar-refractivity contribution in [2.75, 3.05) is 5.32 Å². The Balaban J connectivity index is 1.75. The van der Waals surface area contributed by atoms with Crippen molar-refractivity contribution in [1.29, 1.82) is 0 Å². The molecule has 3 rings (SSSR count). The number of hydrogen-bond acceptors (Lipinski definition) is 3. The van der Waals surface area contributed by atoms with Crippen LogP contribution in [0.3, 0.4) is 0 Å². The van der Waals surface area contributed by atoms with E-state index in [1.54, 1.807) is 0 Å².